The van der Waals surface area contributed by atoms with Gasteiger partial charge in [0.05, 0.1) is 17.7 Å². The Morgan fingerprint density at radius 1 is 1.06 bits per heavy atom. The minimum absolute atomic E-state index is 0.117. The number of thioether (sulfide) groups is 1. The maximum Gasteiger partial charge on any atom is 0.241 e. The van der Waals surface area contributed by atoms with E-state index in [1.54, 1.807) is 33.1 Å². The maximum absolute atomic E-state index is 13.2. The van der Waals surface area contributed by atoms with Crippen molar-refractivity contribution in [2.24, 2.45) is 11.8 Å². The Bertz CT molecular complexity index is 987. The molecule has 0 aliphatic carbocycles. The molecule has 0 saturated carbocycles. The average Bonchev–Trinajstić information content (AvgIpc) is 2.72. The van der Waals surface area contributed by atoms with Gasteiger partial charge in [-0.15, -0.1) is 11.8 Å². The van der Waals surface area contributed by atoms with Gasteiger partial charge in [0.1, 0.15) is 5.75 Å². The van der Waals surface area contributed by atoms with E-state index >= 15 is 0 Å². The fourth-order valence-corrected chi connectivity index (χ4v) is 4.84. The molecule has 2 rings (SSSR count). The largest absolute Gasteiger partial charge is 0.497 e. The third-order valence-corrected chi connectivity index (χ3v) is 7.05. The minimum Gasteiger partial charge on any atom is -0.497 e. The Kier molecular flexibility index (Phi) is 8.97. The van der Waals surface area contributed by atoms with E-state index in [1.807, 2.05) is 30.5 Å². The summed E-state index contributed by atoms with van der Waals surface area (Å²) in [6, 6.07) is 11.8. The van der Waals surface area contributed by atoms with Crippen LogP contribution in [-0.2, 0) is 14.8 Å². The summed E-state index contributed by atoms with van der Waals surface area (Å²) in [6.45, 7) is 7.69. The van der Waals surface area contributed by atoms with Crippen LogP contribution in [0.2, 0.25) is 0 Å². The highest BCUT2D eigenvalue weighted by Crippen LogP contribution is 2.30. The molecule has 0 aliphatic heterocycles. The fraction of sp³-hybridized carbons (Fsp3) is 0.435. The quantitative estimate of drug-likeness (QED) is 0.479. The summed E-state index contributed by atoms with van der Waals surface area (Å²) in [7, 11) is -2.22. The smallest absolute Gasteiger partial charge is 0.241 e. The second-order valence-corrected chi connectivity index (χ2v) is 10.6. The van der Waals surface area contributed by atoms with Gasteiger partial charge in [0.2, 0.25) is 15.9 Å². The van der Waals surface area contributed by atoms with Crippen LogP contribution >= 0.6 is 11.8 Å². The van der Waals surface area contributed by atoms with Crippen molar-refractivity contribution < 1.29 is 17.9 Å². The summed E-state index contributed by atoms with van der Waals surface area (Å²) in [4.78, 5) is 13.1. The van der Waals surface area contributed by atoms with E-state index in [9.17, 15) is 13.2 Å². The van der Waals surface area contributed by atoms with Crippen LogP contribution in [-0.4, -0.2) is 27.7 Å². The zero-order chi connectivity index (χ0) is 23.2. The number of carbonyl (C=O) groups is 1. The van der Waals surface area contributed by atoms with E-state index in [2.05, 4.69) is 23.9 Å². The highest BCUT2D eigenvalue weighted by Gasteiger charge is 2.24. The number of anilines is 1. The fourth-order valence-electron chi connectivity index (χ4n) is 3.04. The van der Waals surface area contributed by atoms with Gasteiger partial charge < -0.3 is 10.1 Å². The van der Waals surface area contributed by atoms with E-state index < -0.39 is 10.0 Å². The van der Waals surface area contributed by atoms with Crippen LogP contribution in [0.4, 0.5) is 5.69 Å². The van der Waals surface area contributed by atoms with Crippen LogP contribution < -0.4 is 14.8 Å². The Hall–Kier alpha value is -2.03. The molecule has 6 nitrogen and oxygen atoms in total. The molecule has 0 aromatic heterocycles. The molecule has 0 fully saturated rings. The van der Waals surface area contributed by atoms with E-state index in [1.165, 1.54) is 17.8 Å². The summed E-state index contributed by atoms with van der Waals surface area (Å²) >= 11 is 1.45. The second kappa shape index (κ2) is 11.0. The van der Waals surface area contributed by atoms with E-state index in [0.29, 0.717) is 17.9 Å². The van der Waals surface area contributed by atoms with Crippen molar-refractivity contribution in [2.75, 3.05) is 18.7 Å². The maximum atomic E-state index is 13.2. The Balaban J connectivity index is 2.37. The Morgan fingerprint density at radius 3 is 2.23 bits per heavy atom. The molecule has 0 saturated heterocycles. The molecule has 1 atom stereocenters. The number of sulfonamides is 1. The first-order valence-electron chi connectivity index (χ1n) is 10.2. The Morgan fingerprint density at radius 2 is 1.71 bits per heavy atom. The van der Waals surface area contributed by atoms with Gasteiger partial charge in [0.15, 0.2) is 0 Å². The zero-order valence-electron chi connectivity index (χ0n) is 18.9. The monoisotopic (exact) mass is 464 g/mol. The summed E-state index contributed by atoms with van der Waals surface area (Å²) in [5, 5.41) is 2.84. The molecule has 2 N–H and O–H groups in total. The molecule has 0 heterocycles. The van der Waals surface area contributed by atoms with Crippen LogP contribution in [0, 0.1) is 11.8 Å². The molecule has 0 radical (unpaired) electrons. The van der Waals surface area contributed by atoms with Gasteiger partial charge in [-0.2, -0.15) is 0 Å². The van der Waals surface area contributed by atoms with Crippen molar-refractivity contribution in [1.82, 2.24) is 4.72 Å². The summed E-state index contributed by atoms with van der Waals surface area (Å²) in [5.74, 6) is 0.634. The van der Waals surface area contributed by atoms with Crippen molar-refractivity contribution in [3.8, 4) is 5.75 Å². The van der Waals surface area contributed by atoms with Gasteiger partial charge in [-0.3, -0.25) is 4.79 Å². The number of amides is 1. The van der Waals surface area contributed by atoms with E-state index in [0.717, 1.165) is 10.5 Å². The van der Waals surface area contributed by atoms with Crippen molar-refractivity contribution >= 4 is 33.4 Å². The SMILES string of the molecule is COc1ccc([C@H](CC(C)C)NS(=O)(=O)c2ccc(SC)c(NC(=O)C(C)C)c2)cc1. The number of methoxy groups -OCH3 is 1. The van der Waals surface area contributed by atoms with Gasteiger partial charge in [0.25, 0.3) is 0 Å². The van der Waals surface area contributed by atoms with E-state index in [-0.39, 0.29) is 28.7 Å². The molecular formula is C23H32N2O4S2. The number of nitrogens with one attached hydrogen (secondary N) is 2. The highest BCUT2D eigenvalue weighted by molar-refractivity contribution is 7.98. The van der Waals surface area contributed by atoms with Crippen LogP contribution in [0.3, 0.4) is 0 Å². The van der Waals surface area contributed by atoms with E-state index in [4.69, 9.17) is 4.74 Å². The first kappa shape index (κ1) is 25.2. The van der Waals surface area contributed by atoms with Gasteiger partial charge in [-0.05, 0) is 54.5 Å². The summed E-state index contributed by atoms with van der Waals surface area (Å²) in [5.41, 5.74) is 1.37. The standard InChI is InChI=1S/C23H32N2O4S2/c1-15(2)13-20(17-7-9-18(29-5)10-8-17)25-31(27,28)19-11-12-22(30-6)21(14-19)24-23(26)16(3)4/h7-12,14-16,20,25H,13H2,1-6H3,(H,24,26)/t20-/m0/s1. The van der Waals surface area contributed by atoms with Gasteiger partial charge >= 0.3 is 0 Å². The molecule has 0 spiro atoms. The summed E-state index contributed by atoms with van der Waals surface area (Å²) in [6.07, 6.45) is 2.53. The van der Waals surface area contributed by atoms with Crippen LogP contribution in [0.15, 0.2) is 52.3 Å². The number of hydrogen-bond acceptors (Lipinski definition) is 5. The lowest BCUT2D eigenvalue weighted by Gasteiger charge is -2.22. The first-order valence-corrected chi connectivity index (χ1v) is 12.9. The van der Waals surface area contributed by atoms with Crippen LogP contribution in [0.5, 0.6) is 5.75 Å². The Labute approximate surface area is 190 Å². The molecule has 0 bridgehead atoms. The third kappa shape index (κ3) is 6.98. The van der Waals surface area contributed by atoms with Gasteiger partial charge in [-0.1, -0.05) is 39.8 Å². The molecular weight excluding hydrogens is 432 g/mol. The van der Waals surface area contributed by atoms with Crippen molar-refractivity contribution in [3.05, 3.63) is 48.0 Å². The molecule has 2 aromatic carbocycles. The van der Waals surface area contributed by atoms with Gasteiger partial charge in [-0.25, -0.2) is 13.1 Å². The number of carbonyl (C=O) groups excluding carboxylic acids is 1. The molecule has 170 valence electrons. The first-order chi connectivity index (χ1) is 14.6. The van der Waals surface area contributed by atoms with Gasteiger partial charge in [0, 0.05) is 16.9 Å². The second-order valence-electron chi connectivity index (χ2n) is 8.08. The normalized spacial score (nSPS) is 12.8. The van der Waals surface area contributed by atoms with Crippen molar-refractivity contribution in [3.63, 3.8) is 0 Å². The van der Waals surface area contributed by atoms with Crippen LogP contribution in [0.25, 0.3) is 0 Å². The zero-order valence-corrected chi connectivity index (χ0v) is 20.6. The molecule has 31 heavy (non-hydrogen) atoms. The third-order valence-electron chi connectivity index (χ3n) is 4.79. The minimum atomic E-state index is -3.81. The number of benzene rings is 2. The lowest BCUT2D eigenvalue weighted by Crippen LogP contribution is -2.30. The molecule has 8 heteroatoms. The average molecular weight is 465 g/mol. The highest BCUT2D eigenvalue weighted by atomic mass is 32.2. The lowest BCUT2D eigenvalue weighted by molar-refractivity contribution is -0.118. The molecule has 1 amide bonds. The van der Waals surface area contributed by atoms with Crippen LogP contribution in [0.1, 0.15) is 45.7 Å². The topological polar surface area (TPSA) is 84.5 Å². The molecule has 0 aliphatic rings. The van der Waals surface area contributed by atoms with Crippen molar-refractivity contribution in [2.45, 2.75) is 49.9 Å². The number of hydrogen-bond donors (Lipinski definition) is 2. The lowest BCUT2D eigenvalue weighted by atomic mass is 9.98. The molecule has 2 aromatic rings. The predicted octanol–water partition coefficient (Wildman–Crippen LogP) is 5.08. The number of rotatable bonds is 10. The van der Waals surface area contributed by atoms with Crippen molar-refractivity contribution in [1.29, 1.82) is 0 Å². The number of ether oxygens (including phenoxy) is 1. The molecule has 0 unspecified atom stereocenters. The summed E-state index contributed by atoms with van der Waals surface area (Å²) < 4.78 is 34.5. The predicted molar refractivity (Wildman–Crippen MR) is 127 cm³/mol.